The van der Waals surface area contributed by atoms with Gasteiger partial charge in [0, 0.05) is 12.3 Å². The Morgan fingerprint density at radius 2 is 1.85 bits per heavy atom. The van der Waals surface area contributed by atoms with Crippen LogP contribution in [0, 0.1) is 0 Å². The highest BCUT2D eigenvalue weighted by molar-refractivity contribution is 5.99. The molecule has 1 N–H and O–H groups in total. The SMILES string of the molecule is CCCCC[C@](C)(OCC)C(=O)Nc1ccc(OCCC)c(C(=O)OC)c1. The summed E-state index contributed by atoms with van der Waals surface area (Å²) in [5.41, 5.74) is -0.120. The van der Waals surface area contributed by atoms with Crippen LogP contribution in [0.3, 0.4) is 0 Å². The molecule has 0 radical (unpaired) electrons. The van der Waals surface area contributed by atoms with Crippen LogP contribution in [0.1, 0.15) is 70.2 Å². The molecule has 152 valence electrons. The summed E-state index contributed by atoms with van der Waals surface area (Å²) < 4.78 is 16.2. The first-order chi connectivity index (χ1) is 12.9. The molecule has 0 aliphatic heterocycles. The molecule has 6 heteroatoms. The third kappa shape index (κ3) is 6.86. The van der Waals surface area contributed by atoms with Crippen LogP contribution in [0.15, 0.2) is 18.2 Å². The summed E-state index contributed by atoms with van der Waals surface area (Å²) in [7, 11) is 1.32. The summed E-state index contributed by atoms with van der Waals surface area (Å²) in [6.07, 6.45) is 4.50. The first kappa shape index (κ1) is 23.0. The molecule has 0 heterocycles. The Morgan fingerprint density at radius 1 is 1.11 bits per heavy atom. The zero-order chi connectivity index (χ0) is 20.3. The summed E-state index contributed by atoms with van der Waals surface area (Å²) >= 11 is 0. The summed E-state index contributed by atoms with van der Waals surface area (Å²) in [5, 5.41) is 2.87. The molecule has 0 bridgehead atoms. The fourth-order valence-corrected chi connectivity index (χ4v) is 2.76. The van der Waals surface area contributed by atoms with Crippen molar-refractivity contribution >= 4 is 17.6 Å². The highest BCUT2D eigenvalue weighted by Crippen LogP contribution is 2.26. The van der Waals surface area contributed by atoms with E-state index in [2.05, 4.69) is 12.2 Å². The second kappa shape index (κ2) is 11.6. The van der Waals surface area contributed by atoms with E-state index in [9.17, 15) is 9.59 Å². The van der Waals surface area contributed by atoms with Crippen molar-refractivity contribution in [2.45, 2.75) is 65.4 Å². The van der Waals surface area contributed by atoms with Crippen molar-refractivity contribution in [1.82, 2.24) is 0 Å². The van der Waals surface area contributed by atoms with Gasteiger partial charge in [-0.05, 0) is 44.9 Å². The van der Waals surface area contributed by atoms with Gasteiger partial charge in [-0.1, -0.05) is 33.1 Å². The lowest BCUT2D eigenvalue weighted by molar-refractivity contribution is -0.139. The lowest BCUT2D eigenvalue weighted by Gasteiger charge is -2.28. The van der Waals surface area contributed by atoms with E-state index in [0.717, 1.165) is 25.7 Å². The van der Waals surface area contributed by atoms with E-state index >= 15 is 0 Å². The van der Waals surface area contributed by atoms with Gasteiger partial charge in [0.2, 0.25) is 0 Å². The average molecular weight is 379 g/mol. The maximum Gasteiger partial charge on any atom is 0.341 e. The standard InChI is InChI=1S/C21H33NO5/c1-6-9-10-13-21(4,27-8-3)20(24)22-16-11-12-18(26-14-7-2)17(15-16)19(23)25-5/h11-12,15H,6-10,13-14H2,1-5H3,(H,22,24)/t21-/m0/s1. The van der Waals surface area contributed by atoms with Crippen molar-refractivity contribution in [2.75, 3.05) is 25.6 Å². The van der Waals surface area contributed by atoms with E-state index in [1.54, 1.807) is 25.1 Å². The molecule has 0 aliphatic rings. The van der Waals surface area contributed by atoms with Gasteiger partial charge >= 0.3 is 5.97 Å². The van der Waals surface area contributed by atoms with E-state index in [1.807, 2.05) is 13.8 Å². The van der Waals surface area contributed by atoms with Gasteiger partial charge in [-0.25, -0.2) is 4.79 Å². The number of rotatable bonds is 12. The topological polar surface area (TPSA) is 73.9 Å². The number of methoxy groups -OCH3 is 1. The van der Waals surface area contributed by atoms with Crippen molar-refractivity contribution < 1.29 is 23.8 Å². The van der Waals surface area contributed by atoms with Crippen LogP contribution in [-0.2, 0) is 14.3 Å². The molecule has 6 nitrogen and oxygen atoms in total. The van der Waals surface area contributed by atoms with Crippen molar-refractivity contribution in [2.24, 2.45) is 0 Å². The summed E-state index contributed by atoms with van der Waals surface area (Å²) in [5.74, 6) is -0.288. The number of nitrogens with one attached hydrogen (secondary N) is 1. The Balaban J connectivity index is 3.00. The molecule has 0 saturated heterocycles. The van der Waals surface area contributed by atoms with E-state index in [0.29, 0.717) is 31.1 Å². The number of ether oxygens (including phenoxy) is 3. The highest BCUT2D eigenvalue weighted by Gasteiger charge is 2.33. The number of esters is 1. The summed E-state index contributed by atoms with van der Waals surface area (Å²) in [6.45, 7) is 8.74. The highest BCUT2D eigenvalue weighted by atomic mass is 16.5. The van der Waals surface area contributed by atoms with Crippen molar-refractivity contribution in [3.05, 3.63) is 23.8 Å². The Bertz CT molecular complexity index is 617. The Kier molecular flexibility index (Phi) is 9.86. The number of carbonyl (C=O) groups is 2. The van der Waals surface area contributed by atoms with E-state index in [4.69, 9.17) is 14.2 Å². The molecule has 0 spiro atoms. The number of amides is 1. The first-order valence-electron chi connectivity index (χ1n) is 9.72. The van der Waals surface area contributed by atoms with Crippen LogP contribution < -0.4 is 10.1 Å². The fraction of sp³-hybridized carbons (Fsp3) is 0.619. The number of carbonyl (C=O) groups excluding carboxylic acids is 2. The normalized spacial score (nSPS) is 12.9. The van der Waals surface area contributed by atoms with Crippen LogP contribution >= 0.6 is 0 Å². The predicted molar refractivity (Wildman–Crippen MR) is 106 cm³/mol. The minimum Gasteiger partial charge on any atom is -0.493 e. The minimum atomic E-state index is -0.910. The Hall–Kier alpha value is -2.08. The fourth-order valence-electron chi connectivity index (χ4n) is 2.76. The lowest BCUT2D eigenvalue weighted by atomic mass is 9.96. The average Bonchev–Trinajstić information content (AvgIpc) is 2.66. The molecular weight excluding hydrogens is 346 g/mol. The predicted octanol–water partition coefficient (Wildman–Crippen LogP) is 4.58. The molecule has 0 unspecified atom stereocenters. The molecule has 0 aliphatic carbocycles. The molecule has 0 saturated carbocycles. The number of hydrogen-bond donors (Lipinski definition) is 1. The smallest absolute Gasteiger partial charge is 0.341 e. The monoisotopic (exact) mass is 379 g/mol. The van der Waals surface area contributed by atoms with Crippen LogP contribution in [0.2, 0.25) is 0 Å². The summed E-state index contributed by atoms with van der Waals surface area (Å²) in [6, 6.07) is 4.97. The van der Waals surface area contributed by atoms with Crippen molar-refractivity contribution in [3.63, 3.8) is 0 Å². The van der Waals surface area contributed by atoms with Gasteiger partial charge in [-0.2, -0.15) is 0 Å². The second-order valence-electron chi connectivity index (χ2n) is 6.63. The molecule has 1 atom stereocenters. The maximum absolute atomic E-state index is 12.8. The zero-order valence-electron chi connectivity index (χ0n) is 17.2. The number of hydrogen-bond acceptors (Lipinski definition) is 5. The van der Waals surface area contributed by atoms with Gasteiger partial charge in [-0.3, -0.25) is 4.79 Å². The molecule has 0 aromatic heterocycles. The third-order valence-corrected chi connectivity index (χ3v) is 4.31. The number of benzene rings is 1. The van der Waals surface area contributed by atoms with Crippen molar-refractivity contribution in [3.8, 4) is 5.75 Å². The van der Waals surface area contributed by atoms with Crippen LogP contribution in [0.25, 0.3) is 0 Å². The number of anilines is 1. The summed E-state index contributed by atoms with van der Waals surface area (Å²) in [4.78, 5) is 24.9. The van der Waals surface area contributed by atoms with Gasteiger partial charge in [0.1, 0.15) is 16.9 Å². The molecule has 0 fully saturated rings. The van der Waals surface area contributed by atoms with Crippen molar-refractivity contribution in [1.29, 1.82) is 0 Å². The number of unbranched alkanes of at least 4 members (excludes halogenated alkanes) is 2. The molecule has 1 aromatic rings. The van der Waals surface area contributed by atoms with E-state index < -0.39 is 11.6 Å². The Labute approximate surface area is 162 Å². The van der Waals surface area contributed by atoms with Crippen LogP contribution in [-0.4, -0.2) is 37.8 Å². The zero-order valence-corrected chi connectivity index (χ0v) is 17.2. The largest absolute Gasteiger partial charge is 0.493 e. The maximum atomic E-state index is 12.8. The van der Waals surface area contributed by atoms with Gasteiger partial charge in [0.05, 0.1) is 13.7 Å². The molecule has 27 heavy (non-hydrogen) atoms. The van der Waals surface area contributed by atoms with Gasteiger partial charge in [0.15, 0.2) is 0 Å². The quantitative estimate of drug-likeness (QED) is 0.425. The van der Waals surface area contributed by atoms with Crippen LogP contribution in [0.5, 0.6) is 5.75 Å². The molecule has 1 amide bonds. The second-order valence-corrected chi connectivity index (χ2v) is 6.63. The Morgan fingerprint density at radius 3 is 2.44 bits per heavy atom. The lowest BCUT2D eigenvalue weighted by Crippen LogP contribution is -2.42. The van der Waals surface area contributed by atoms with Crippen LogP contribution in [0.4, 0.5) is 5.69 Å². The van der Waals surface area contributed by atoms with Gasteiger partial charge < -0.3 is 19.5 Å². The molecule has 1 aromatic carbocycles. The third-order valence-electron chi connectivity index (χ3n) is 4.31. The van der Waals surface area contributed by atoms with E-state index in [-0.39, 0.29) is 11.5 Å². The van der Waals surface area contributed by atoms with Gasteiger partial charge in [-0.15, -0.1) is 0 Å². The molecular formula is C21H33NO5. The first-order valence-corrected chi connectivity index (χ1v) is 9.72. The van der Waals surface area contributed by atoms with E-state index in [1.165, 1.54) is 7.11 Å². The minimum absolute atomic E-state index is 0.224. The van der Waals surface area contributed by atoms with Gasteiger partial charge in [0.25, 0.3) is 5.91 Å². The molecule has 1 rings (SSSR count).